The van der Waals surface area contributed by atoms with Crippen molar-refractivity contribution in [3.63, 3.8) is 0 Å². The zero-order chi connectivity index (χ0) is 29.6. The average Bonchev–Trinajstić information content (AvgIpc) is 3.54. The maximum Gasteiger partial charge on any atom is 0.348 e. The fourth-order valence-electron chi connectivity index (χ4n) is 4.66. The second kappa shape index (κ2) is 12.4. The van der Waals surface area contributed by atoms with Gasteiger partial charge in [0.1, 0.15) is 11.8 Å². The monoisotopic (exact) mass is 566 g/mol. The Morgan fingerprint density at radius 1 is 0.976 bits per heavy atom. The van der Waals surface area contributed by atoms with Crippen molar-refractivity contribution in [1.82, 2.24) is 9.88 Å². The van der Waals surface area contributed by atoms with Gasteiger partial charge in [0.05, 0.1) is 24.3 Å². The molecule has 0 unspecified atom stereocenters. The van der Waals surface area contributed by atoms with Crippen molar-refractivity contribution in [1.29, 1.82) is 0 Å². The van der Waals surface area contributed by atoms with E-state index in [-0.39, 0.29) is 23.1 Å². The molecule has 10 heteroatoms. The zero-order valence-electron chi connectivity index (χ0n) is 23.4. The van der Waals surface area contributed by atoms with E-state index in [2.05, 4.69) is 15.6 Å². The summed E-state index contributed by atoms with van der Waals surface area (Å²) in [7, 11) is 3.32. The molecule has 1 atom stereocenters. The Morgan fingerprint density at radius 3 is 2.43 bits per heavy atom. The van der Waals surface area contributed by atoms with Gasteiger partial charge in [-0.05, 0) is 60.0 Å². The summed E-state index contributed by atoms with van der Waals surface area (Å²) < 4.78 is 16.0. The Labute approximate surface area is 241 Å². The first kappa shape index (κ1) is 28.2. The largest absolute Gasteiger partial charge is 0.497 e. The van der Waals surface area contributed by atoms with Crippen molar-refractivity contribution in [2.45, 2.75) is 25.9 Å². The molecule has 2 heterocycles. The first-order valence-electron chi connectivity index (χ1n) is 13.3. The molecule has 2 N–H and O–H groups in total. The van der Waals surface area contributed by atoms with E-state index in [0.717, 1.165) is 11.1 Å². The van der Waals surface area contributed by atoms with Crippen LogP contribution in [0.1, 0.15) is 27.2 Å². The molecule has 0 bridgehead atoms. The van der Waals surface area contributed by atoms with Gasteiger partial charge < -0.3 is 29.1 Å². The van der Waals surface area contributed by atoms with Crippen LogP contribution in [0.3, 0.4) is 0 Å². The number of likely N-dealkylation sites (N-methyl/N-ethyl adjacent to an activating group) is 1. The number of rotatable bonds is 10. The zero-order valence-corrected chi connectivity index (χ0v) is 23.4. The molecule has 3 aromatic carbocycles. The van der Waals surface area contributed by atoms with E-state index in [0.29, 0.717) is 35.5 Å². The molecule has 0 saturated heterocycles. The van der Waals surface area contributed by atoms with Crippen LogP contribution in [0.2, 0.25) is 0 Å². The molecule has 2 aromatic heterocycles. The number of nitrogens with zero attached hydrogens (tertiary/aromatic N) is 2. The fraction of sp³-hybridized carbons (Fsp3) is 0.188. The van der Waals surface area contributed by atoms with Crippen LogP contribution in [-0.2, 0) is 17.8 Å². The molecule has 0 spiro atoms. The molecule has 5 aromatic rings. The SMILES string of the molecule is COc1ccc(C[C@H](Nc2nc3ccc(NC(=O)c4ccco4)c(C)c3c(=O)o2)C(=O)N(C)Cc2ccccc2)cc1. The summed E-state index contributed by atoms with van der Waals surface area (Å²) >= 11 is 0. The van der Waals surface area contributed by atoms with E-state index in [9.17, 15) is 14.4 Å². The van der Waals surface area contributed by atoms with Crippen molar-refractivity contribution in [2.24, 2.45) is 0 Å². The molecule has 214 valence electrons. The maximum absolute atomic E-state index is 13.7. The average molecular weight is 567 g/mol. The molecule has 0 aliphatic heterocycles. The highest BCUT2D eigenvalue weighted by Crippen LogP contribution is 2.24. The molecule has 42 heavy (non-hydrogen) atoms. The van der Waals surface area contributed by atoms with Crippen LogP contribution in [0.15, 0.2) is 98.8 Å². The second-order valence-electron chi connectivity index (χ2n) is 9.80. The molecule has 0 radical (unpaired) electrons. The van der Waals surface area contributed by atoms with Crippen molar-refractivity contribution in [3.8, 4) is 5.75 Å². The number of nitrogens with one attached hydrogen (secondary N) is 2. The maximum atomic E-state index is 13.7. The summed E-state index contributed by atoms with van der Waals surface area (Å²) in [5.74, 6) is 0.195. The lowest BCUT2D eigenvalue weighted by atomic mass is 10.0. The highest BCUT2D eigenvalue weighted by atomic mass is 16.5. The Kier molecular flexibility index (Phi) is 8.33. The molecular formula is C32H30N4O6. The van der Waals surface area contributed by atoms with Gasteiger partial charge >= 0.3 is 5.63 Å². The summed E-state index contributed by atoms with van der Waals surface area (Å²) in [6, 6.07) is 22.6. The van der Waals surface area contributed by atoms with Gasteiger partial charge in [0.2, 0.25) is 5.91 Å². The summed E-state index contributed by atoms with van der Waals surface area (Å²) in [5.41, 5.74) is 2.49. The molecule has 10 nitrogen and oxygen atoms in total. The van der Waals surface area contributed by atoms with Crippen molar-refractivity contribution in [2.75, 3.05) is 24.8 Å². The van der Waals surface area contributed by atoms with Gasteiger partial charge in [0.15, 0.2) is 5.76 Å². The minimum absolute atomic E-state index is 0.0840. The van der Waals surface area contributed by atoms with Gasteiger partial charge in [-0.15, -0.1) is 0 Å². The topological polar surface area (TPSA) is 127 Å². The van der Waals surface area contributed by atoms with Gasteiger partial charge in [-0.3, -0.25) is 9.59 Å². The number of ether oxygens (including phenoxy) is 1. The molecule has 2 amide bonds. The number of benzene rings is 3. The minimum atomic E-state index is -0.784. The first-order valence-corrected chi connectivity index (χ1v) is 13.3. The Morgan fingerprint density at radius 2 is 1.74 bits per heavy atom. The van der Waals surface area contributed by atoms with Gasteiger partial charge in [-0.2, -0.15) is 4.98 Å². The molecule has 0 aliphatic carbocycles. The number of methoxy groups -OCH3 is 1. The molecule has 0 saturated carbocycles. The predicted octanol–water partition coefficient (Wildman–Crippen LogP) is 5.03. The van der Waals surface area contributed by atoms with Crippen LogP contribution in [0.5, 0.6) is 5.75 Å². The van der Waals surface area contributed by atoms with Gasteiger partial charge in [-0.1, -0.05) is 42.5 Å². The highest BCUT2D eigenvalue weighted by molar-refractivity contribution is 6.04. The molecular weight excluding hydrogens is 536 g/mol. The highest BCUT2D eigenvalue weighted by Gasteiger charge is 2.25. The third-order valence-electron chi connectivity index (χ3n) is 6.89. The van der Waals surface area contributed by atoms with Gasteiger partial charge in [0.25, 0.3) is 11.9 Å². The van der Waals surface area contributed by atoms with Crippen LogP contribution < -0.4 is 21.0 Å². The molecule has 0 aliphatic rings. The number of aryl methyl sites for hydroxylation is 1. The quantitative estimate of drug-likeness (QED) is 0.241. The van der Waals surface area contributed by atoms with Crippen LogP contribution in [-0.4, -0.2) is 41.9 Å². The predicted molar refractivity (Wildman–Crippen MR) is 159 cm³/mol. The summed E-state index contributed by atoms with van der Waals surface area (Å²) in [4.78, 5) is 45.4. The van der Waals surface area contributed by atoms with E-state index in [4.69, 9.17) is 13.6 Å². The number of hydrogen-bond donors (Lipinski definition) is 2. The van der Waals surface area contributed by atoms with E-state index in [1.165, 1.54) is 6.26 Å². The molecule has 5 rings (SSSR count). The fourth-order valence-corrected chi connectivity index (χ4v) is 4.66. The smallest absolute Gasteiger partial charge is 0.348 e. The van der Waals surface area contributed by atoms with Crippen LogP contribution in [0, 0.1) is 6.92 Å². The van der Waals surface area contributed by atoms with E-state index in [1.807, 2.05) is 54.6 Å². The van der Waals surface area contributed by atoms with Gasteiger partial charge in [-0.25, -0.2) is 4.79 Å². The van der Waals surface area contributed by atoms with Crippen LogP contribution >= 0.6 is 0 Å². The van der Waals surface area contributed by atoms with E-state index < -0.39 is 17.6 Å². The number of fused-ring (bicyclic) bond motifs is 1. The lowest BCUT2D eigenvalue weighted by Gasteiger charge is -2.25. The number of carbonyl (C=O) groups excluding carboxylic acids is 2. The lowest BCUT2D eigenvalue weighted by Crippen LogP contribution is -2.42. The van der Waals surface area contributed by atoms with Crippen LogP contribution in [0.25, 0.3) is 10.9 Å². The van der Waals surface area contributed by atoms with Gasteiger partial charge in [0, 0.05) is 25.7 Å². The van der Waals surface area contributed by atoms with E-state index >= 15 is 0 Å². The number of carbonyl (C=O) groups is 2. The lowest BCUT2D eigenvalue weighted by molar-refractivity contribution is -0.131. The molecule has 0 fully saturated rings. The standard InChI is InChI=1S/C32H30N4O6/c1-20-24(33-29(37)27-10-7-17-41-27)15-16-25-28(20)31(39)42-32(34-25)35-26(18-21-11-13-23(40-3)14-12-21)30(38)36(2)19-22-8-5-4-6-9-22/h4-17,26H,18-19H2,1-3H3,(H,33,37)(H,34,35)/t26-/m0/s1. The number of amides is 2. The summed E-state index contributed by atoms with van der Waals surface area (Å²) in [6.07, 6.45) is 1.71. The normalized spacial score (nSPS) is 11.6. The number of hydrogen-bond acceptors (Lipinski definition) is 8. The number of anilines is 2. The van der Waals surface area contributed by atoms with Crippen molar-refractivity contribution < 1.29 is 23.2 Å². The summed E-state index contributed by atoms with van der Waals surface area (Å²) in [5, 5.41) is 6.02. The second-order valence-corrected chi connectivity index (χ2v) is 9.80. The third-order valence-corrected chi connectivity index (χ3v) is 6.89. The summed E-state index contributed by atoms with van der Waals surface area (Å²) in [6.45, 7) is 2.10. The van der Waals surface area contributed by atoms with Crippen LogP contribution in [0.4, 0.5) is 11.7 Å². The minimum Gasteiger partial charge on any atom is -0.497 e. The van der Waals surface area contributed by atoms with Crippen molar-refractivity contribution in [3.05, 3.63) is 118 Å². The number of furan rings is 1. The van der Waals surface area contributed by atoms with E-state index in [1.54, 1.807) is 50.2 Å². The third kappa shape index (κ3) is 6.33. The van der Waals surface area contributed by atoms with Crippen molar-refractivity contribution >= 4 is 34.4 Å². The Hall–Kier alpha value is -5.38. The first-order chi connectivity index (χ1) is 20.3. The number of aromatic nitrogens is 1. The Balaban J connectivity index is 1.42. The Bertz CT molecular complexity index is 1750.